The number of benzene rings is 2. The molecule has 2 N–H and O–H groups in total. The maximum Gasteiger partial charge on any atom is 0.524 e. The van der Waals surface area contributed by atoms with Gasteiger partial charge in [-0.2, -0.15) is 0 Å². The number of methoxy groups -OCH3 is 3. The quantitative estimate of drug-likeness (QED) is 0.272. The minimum absolute atomic E-state index is 0.0751. The third-order valence-electron chi connectivity index (χ3n) is 4.90. The fraction of sp³-hybridized carbons (Fsp3) is 0.250. The molecule has 0 amide bonds. The highest BCUT2D eigenvalue weighted by atomic mass is 31.2. The minimum atomic E-state index is -4.75. The molecule has 0 fully saturated rings. The van der Waals surface area contributed by atoms with Gasteiger partial charge in [0, 0.05) is 0 Å². The van der Waals surface area contributed by atoms with E-state index in [1.807, 2.05) is 0 Å². The molecule has 0 atom stereocenters. The van der Waals surface area contributed by atoms with Gasteiger partial charge in [-0.1, -0.05) is 24.3 Å². The van der Waals surface area contributed by atoms with E-state index in [2.05, 4.69) is 4.52 Å². The zero-order chi connectivity index (χ0) is 25.5. The van der Waals surface area contributed by atoms with Crippen LogP contribution in [0.4, 0.5) is 0 Å². The molecule has 0 heterocycles. The predicted octanol–water partition coefficient (Wildman–Crippen LogP) is 4.07. The van der Waals surface area contributed by atoms with Gasteiger partial charge in [-0.05, 0) is 61.4 Å². The van der Waals surface area contributed by atoms with E-state index in [-0.39, 0.29) is 17.3 Å². The van der Waals surface area contributed by atoms with Crippen molar-refractivity contribution in [1.29, 1.82) is 0 Å². The van der Waals surface area contributed by atoms with Crippen LogP contribution >= 0.6 is 7.82 Å². The molecule has 0 saturated heterocycles. The number of carbonyl (C=O) groups excluding carboxylic acids is 2. The molecule has 34 heavy (non-hydrogen) atoms. The second-order valence-electron chi connectivity index (χ2n) is 7.63. The van der Waals surface area contributed by atoms with Crippen molar-refractivity contribution >= 4 is 31.5 Å². The maximum atomic E-state index is 12.7. The lowest BCUT2D eigenvalue weighted by molar-refractivity contribution is -0.132. The van der Waals surface area contributed by atoms with E-state index in [0.717, 1.165) is 0 Å². The first kappa shape index (κ1) is 26.9. The topological polar surface area (TPSA) is 129 Å². The molecule has 0 saturated carbocycles. The van der Waals surface area contributed by atoms with E-state index in [9.17, 15) is 14.2 Å². The molecule has 0 aliphatic rings. The number of rotatable bonds is 11. The standard InChI is InChI=1S/C24H27O9P/c1-24(2,22(25)12-8-16-6-10-18(30-3)20(14-16)31-4)23(26)13-9-17-7-11-19(21(15-17)32-5)33-34(27,28)29/h6-15H,1-5H3,(H2,27,28,29)/b12-8+,13-9+. The maximum absolute atomic E-state index is 12.7. The van der Waals surface area contributed by atoms with E-state index >= 15 is 0 Å². The first-order chi connectivity index (χ1) is 15.9. The lowest BCUT2D eigenvalue weighted by Gasteiger charge is -2.17. The highest BCUT2D eigenvalue weighted by Crippen LogP contribution is 2.42. The van der Waals surface area contributed by atoms with E-state index in [1.165, 1.54) is 71.6 Å². The number of carbonyl (C=O) groups is 2. The minimum Gasteiger partial charge on any atom is -0.493 e. The first-order valence-electron chi connectivity index (χ1n) is 10.0. The number of hydrogen-bond acceptors (Lipinski definition) is 7. The molecular formula is C24H27O9P. The molecule has 0 spiro atoms. The summed E-state index contributed by atoms with van der Waals surface area (Å²) in [5.74, 6) is 0.192. The summed E-state index contributed by atoms with van der Waals surface area (Å²) in [5, 5.41) is 0. The number of phosphoric ester groups is 1. The molecule has 2 rings (SSSR count). The monoisotopic (exact) mass is 490 g/mol. The lowest BCUT2D eigenvalue weighted by Crippen LogP contribution is -2.30. The molecule has 2 aromatic rings. The molecule has 10 heteroatoms. The van der Waals surface area contributed by atoms with Crippen molar-refractivity contribution in [3.8, 4) is 23.0 Å². The molecule has 0 radical (unpaired) electrons. The van der Waals surface area contributed by atoms with Crippen LogP contribution in [-0.2, 0) is 14.2 Å². The Bertz CT molecular complexity index is 1160. The Hall–Kier alpha value is -3.39. The van der Waals surface area contributed by atoms with E-state index in [0.29, 0.717) is 22.6 Å². The van der Waals surface area contributed by atoms with Gasteiger partial charge >= 0.3 is 7.82 Å². The Balaban J connectivity index is 2.16. The summed E-state index contributed by atoms with van der Waals surface area (Å²) >= 11 is 0. The van der Waals surface area contributed by atoms with Gasteiger partial charge < -0.3 is 18.7 Å². The molecule has 0 aliphatic carbocycles. The summed E-state index contributed by atoms with van der Waals surface area (Å²) in [5.41, 5.74) is -0.112. The zero-order valence-electron chi connectivity index (χ0n) is 19.5. The van der Waals surface area contributed by atoms with Gasteiger partial charge in [0.2, 0.25) is 0 Å². The fourth-order valence-electron chi connectivity index (χ4n) is 2.83. The molecule has 9 nitrogen and oxygen atoms in total. The number of allylic oxidation sites excluding steroid dienone is 2. The van der Waals surface area contributed by atoms with Gasteiger partial charge in [0.15, 0.2) is 34.6 Å². The van der Waals surface area contributed by atoms with Crippen LogP contribution in [0.25, 0.3) is 12.2 Å². The van der Waals surface area contributed by atoms with Crippen LogP contribution < -0.4 is 18.7 Å². The number of ether oxygens (including phenoxy) is 3. The summed E-state index contributed by atoms with van der Waals surface area (Å²) in [6, 6.07) is 9.43. The first-order valence-corrected chi connectivity index (χ1v) is 11.5. The van der Waals surface area contributed by atoms with Crippen molar-refractivity contribution in [2.45, 2.75) is 13.8 Å². The second kappa shape index (κ2) is 11.2. The number of phosphoric acid groups is 1. The van der Waals surface area contributed by atoms with Crippen LogP contribution in [0.3, 0.4) is 0 Å². The average Bonchev–Trinajstić information content (AvgIpc) is 2.80. The third kappa shape index (κ3) is 7.05. The van der Waals surface area contributed by atoms with Crippen molar-refractivity contribution in [2.75, 3.05) is 21.3 Å². The average molecular weight is 490 g/mol. The number of hydrogen-bond donors (Lipinski definition) is 2. The molecule has 2 aromatic carbocycles. The van der Waals surface area contributed by atoms with Crippen LogP contribution in [0.5, 0.6) is 23.0 Å². The van der Waals surface area contributed by atoms with Crippen molar-refractivity contribution < 1.29 is 42.7 Å². The van der Waals surface area contributed by atoms with E-state index in [1.54, 1.807) is 24.3 Å². The third-order valence-corrected chi connectivity index (χ3v) is 5.33. The van der Waals surface area contributed by atoms with Gasteiger partial charge in [0.05, 0.1) is 26.7 Å². The van der Waals surface area contributed by atoms with Crippen molar-refractivity contribution in [2.24, 2.45) is 5.41 Å². The van der Waals surface area contributed by atoms with Crippen LogP contribution in [0, 0.1) is 5.41 Å². The van der Waals surface area contributed by atoms with Crippen LogP contribution in [0.15, 0.2) is 48.6 Å². The summed E-state index contributed by atoms with van der Waals surface area (Å²) in [6.45, 7) is 3.05. The van der Waals surface area contributed by atoms with Crippen molar-refractivity contribution in [3.63, 3.8) is 0 Å². The SMILES string of the molecule is COc1ccc(/C=C/C(=O)C(C)(C)C(=O)/C=C/c2ccc(OP(=O)(O)O)c(OC)c2)cc1OC. The van der Waals surface area contributed by atoms with Gasteiger partial charge in [0.1, 0.15) is 0 Å². The fourth-order valence-corrected chi connectivity index (χ4v) is 3.24. The summed E-state index contributed by atoms with van der Waals surface area (Å²) in [6.07, 6.45) is 5.66. The summed E-state index contributed by atoms with van der Waals surface area (Å²) in [7, 11) is -0.403. The Labute approximate surface area is 197 Å². The smallest absolute Gasteiger partial charge is 0.493 e. The summed E-state index contributed by atoms with van der Waals surface area (Å²) < 4.78 is 31.1. The molecule has 0 aliphatic heterocycles. The molecular weight excluding hydrogens is 463 g/mol. The highest BCUT2D eigenvalue weighted by Gasteiger charge is 2.32. The highest BCUT2D eigenvalue weighted by molar-refractivity contribution is 7.46. The Morgan fingerprint density at radius 2 is 1.18 bits per heavy atom. The Kier molecular flexibility index (Phi) is 8.81. The van der Waals surface area contributed by atoms with E-state index in [4.69, 9.17) is 24.0 Å². The Morgan fingerprint density at radius 3 is 1.59 bits per heavy atom. The molecule has 182 valence electrons. The van der Waals surface area contributed by atoms with Gasteiger partial charge in [0.25, 0.3) is 0 Å². The largest absolute Gasteiger partial charge is 0.524 e. The van der Waals surface area contributed by atoms with Crippen molar-refractivity contribution in [3.05, 3.63) is 59.7 Å². The zero-order valence-corrected chi connectivity index (χ0v) is 20.4. The van der Waals surface area contributed by atoms with Gasteiger partial charge in [-0.25, -0.2) is 4.57 Å². The Morgan fingerprint density at radius 1 is 0.765 bits per heavy atom. The van der Waals surface area contributed by atoms with Crippen LogP contribution in [0.1, 0.15) is 25.0 Å². The van der Waals surface area contributed by atoms with Gasteiger partial charge in [-0.3, -0.25) is 19.4 Å². The van der Waals surface area contributed by atoms with Crippen LogP contribution in [-0.4, -0.2) is 42.7 Å². The van der Waals surface area contributed by atoms with Crippen molar-refractivity contribution in [1.82, 2.24) is 0 Å². The molecule has 0 unspecified atom stereocenters. The second-order valence-corrected chi connectivity index (χ2v) is 8.79. The van der Waals surface area contributed by atoms with Crippen LogP contribution in [0.2, 0.25) is 0 Å². The van der Waals surface area contributed by atoms with Gasteiger partial charge in [-0.15, -0.1) is 0 Å². The summed E-state index contributed by atoms with van der Waals surface area (Å²) in [4.78, 5) is 43.4. The predicted molar refractivity (Wildman–Crippen MR) is 127 cm³/mol. The molecule has 0 aromatic heterocycles. The number of ketones is 2. The molecule has 0 bridgehead atoms. The normalized spacial score (nSPS) is 12.1. The van der Waals surface area contributed by atoms with E-state index < -0.39 is 19.0 Å². The lowest BCUT2D eigenvalue weighted by atomic mass is 9.82.